The number of hydrogen-bond donors (Lipinski definition) is 1. The molecule has 1 nitrogen and oxygen atoms in total. The molecule has 1 heteroatoms. The van der Waals surface area contributed by atoms with Gasteiger partial charge in [0.05, 0.1) is 0 Å². The van der Waals surface area contributed by atoms with Crippen molar-refractivity contribution in [2.75, 3.05) is 6.54 Å². The lowest BCUT2D eigenvalue weighted by molar-refractivity contribution is 0.298. The van der Waals surface area contributed by atoms with Gasteiger partial charge < -0.3 is 5.32 Å². The molecule has 0 aromatic heterocycles. The molecule has 1 N–H and O–H groups in total. The molecule has 0 amide bonds. The van der Waals surface area contributed by atoms with Gasteiger partial charge in [0.2, 0.25) is 0 Å². The molecule has 0 saturated carbocycles. The Balaban J connectivity index is 1.97. The Bertz CT molecular complexity index is 345. The van der Waals surface area contributed by atoms with E-state index in [1.54, 1.807) is 11.1 Å². The Labute approximate surface area is 85.5 Å². The third-order valence-corrected chi connectivity index (χ3v) is 3.84. The van der Waals surface area contributed by atoms with E-state index < -0.39 is 0 Å². The van der Waals surface area contributed by atoms with Crippen molar-refractivity contribution in [1.29, 1.82) is 0 Å². The minimum atomic E-state index is 0.697. The summed E-state index contributed by atoms with van der Waals surface area (Å²) in [6.45, 7) is 3.51. The summed E-state index contributed by atoms with van der Waals surface area (Å²) in [7, 11) is 0. The molecule has 0 spiro atoms. The van der Waals surface area contributed by atoms with Gasteiger partial charge in [-0.2, -0.15) is 0 Å². The van der Waals surface area contributed by atoms with E-state index in [0.717, 1.165) is 11.8 Å². The third-order valence-electron chi connectivity index (χ3n) is 3.84. The molecule has 3 rings (SSSR count). The van der Waals surface area contributed by atoms with Gasteiger partial charge in [0.15, 0.2) is 0 Å². The van der Waals surface area contributed by atoms with Crippen LogP contribution in [0.15, 0.2) is 24.3 Å². The lowest BCUT2D eigenvalue weighted by atomic mass is 9.84. The Hall–Kier alpha value is -0.820. The normalized spacial score (nSPS) is 35.1. The lowest BCUT2D eigenvalue weighted by Gasteiger charge is -2.31. The minimum absolute atomic E-state index is 0.697. The largest absolute Gasteiger partial charge is 0.314 e. The van der Waals surface area contributed by atoms with Crippen molar-refractivity contribution in [3.63, 3.8) is 0 Å². The molecule has 1 fully saturated rings. The summed E-state index contributed by atoms with van der Waals surface area (Å²) in [5.41, 5.74) is 3.23. The summed E-state index contributed by atoms with van der Waals surface area (Å²) >= 11 is 0. The van der Waals surface area contributed by atoms with Gasteiger partial charge in [-0.05, 0) is 49.3 Å². The summed E-state index contributed by atoms with van der Waals surface area (Å²) in [4.78, 5) is 0. The number of piperidine rings is 1. The standard InChI is InChI=1S/C13H17N/c1-9-6-13-11(8-14-9)7-10-4-2-3-5-12(10)13/h2-5,9,11,13-14H,6-8H2,1H3. The maximum absolute atomic E-state index is 3.59. The second-order valence-electron chi connectivity index (χ2n) is 4.81. The predicted octanol–water partition coefficient (Wildman–Crippen LogP) is 2.32. The molecule has 1 heterocycles. The van der Waals surface area contributed by atoms with Crippen molar-refractivity contribution in [1.82, 2.24) is 5.32 Å². The first kappa shape index (κ1) is 8.49. The number of fused-ring (bicyclic) bond motifs is 3. The van der Waals surface area contributed by atoms with Crippen LogP contribution in [0, 0.1) is 5.92 Å². The minimum Gasteiger partial charge on any atom is -0.314 e. The monoisotopic (exact) mass is 187 g/mol. The van der Waals surface area contributed by atoms with Gasteiger partial charge in [-0.25, -0.2) is 0 Å². The van der Waals surface area contributed by atoms with Crippen LogP contribution in [-0.4, -0.2) is 12.6 Å². The van der Waals surface area contributed by atoms with Gasteiger partial charge in [0.25, 0.3) is 0 Å². The lowest BCUT2D eigenvalue weighted by Crippen LogP contribution is -2.39. The number of hydrogen-bond acceptors (Lipinski definition) is 1. The Morgan fingerprint density at radius 3 is 3.07 bits per heavy atom. The molecular formula is C13H17N. The Morgan fingerprint density at radius 2 is 2.14 bits per heavy atom. The molecule has 1 aromatic carbocycles. The zero-order valence-corrected chi connectivity index (χ0v) is 8.66. The first-order valence-electron chi connectivity index (χ1n) is 5.66. The Kier molecular flexibility index (Phi) is 1.88. The van der Waals surface area contributed by atoms with Gasteiger partial charge in [-0.15, -0.1) is 0 Å². The average molecular weight is 187 g/mol. The molecule has 1 saturated heterocycles. The molecule has 1 aliphatic carbocycles. The highest BCUT2D eigenvalue weighted by Gasteiger charge is 2.35. The van der Waals surface area contributed by atoms with Crippen LogP contribution in [-0.2, 0) is 6.42 Å². The molecule has 74 valence electrons. The van der Waals surface area contributed by atoms with E-state index >= 15 is 0 Å². The quantitative estimate of drug-likeness (QED) is 0.657. The molecule has 1 aromatic rings. The fourth-order valence-corrected chi connectivity index (χ4v) is 3.11. The van der Waals surface area contributed by atoms with Crippen molar-refractivity contribution in [2.45, 2.75) is 31.7 Å². The fourth-order valence-electron chi connectivity index (χ4n) is 3.11. The molecule has 3 atom stereocenters. The molecule has 3 unspecified atom stereocenters. The second-order valence-corrected chi connectivity index (χ2v) is 4.81. The van der Waals surface area contributed by atoms with E-state index in [0.29, 0.717) is 6.04 Å². The van der Waals surface area contributed by atoms with Crippen LogP contribution in [0.1, 0.15) is 30.4 Å². The van der Waals surface area contributed by atoms with E-state index in [1.165, 1.54) is 19.4 Å². The van der Waals surface area contributed by atoms with E-state index in [1.807, 2.05) is 0 Å². The number of rotatable bonds is 0. The maximum Gasteiger partial charge on any atom is 0.00447 e. The zero-order valence-electron chi connectivity index (χ0n) is 8.66. The molecule has 0 radical (unpaired) electrons. The van der Waals surface area contributed by atoms with Crippen molar-refractivity contribution in [2.24, 2.45) is 5.92 Å². The number of nitrogens with one attached hydrogen (secondary N) is 1. The van der Waals surface area contributed by atoms with Gasteiger partial charge in [-0.3, -0.25) is 0 Å². The highest BCUT2D eigenvalue weighted by molar-refractivity contribution is 5.37. The zero-order chi connectivity index (χ0) is 9.54. The van der Waals surface area contributed by atoms with Crippen LogP contribution in [0.3, 0.4) is 0 Å². The predicted molar refractivity (Wildman–Crippen MR) is 58.5 cm³/mol. The highest BCUT2D eigenvalue weighted by Crippen LogP contribution is 2.42. The van der Waals surface area contributed by atoms with Gasteiger partial charge in [-0.1, -0.05) is 24.3 Å². The van der Waals surface area contributed by atoms with Gasteiger partial charge >= 0.3 is 0 Å². The van der Waals surface area contributed by atoms with Crippen LogP contribution in [0.5, 0.6) is 0 Å². The van der Waals surface area contributed by atoms with Gasteiger partial charge in [0, 0.05) is 6.04 Å². The van der Waals surface area contributed by atoms with Crippen LogP contribution in [0.4, 0.5) is 0 Å². The highest BCUT2D eigenvalue weighted by atomic mass is 14.9. The van der Waals surface area contributed by atoms with E-state index in [-0.39, 0.29) is 0 Å². The van der Waals surface area contributed by atoms with Crippen LogP contribution in [0.2, 0.25) is 0 Å². The van der Waals surface area contributed by atoms with E-state index in [4.69, 9.17) is 0 Å². The second kappa shape index (κ2) is 3.09. The molecule has 1 aliphatic heterocycles. The SMILES string of the molecule is CC1CC2c3ccccc3CC2CN1. The fraction of sp³-hybridized carbons (Fsp3) is 0.538. The average Bonchev–Trinajstić information content (AvgIpc) is 2.56. The smallest absolute Gasteiger partial charge is 0.00447 e. The van der Waals surface area contributed by atoms with E-state index in [2.05, 4.69) is 36.5 Å². The summed E-state index contributed by atoms with van der Waals surface area (Å²) in [5, 5.41) is 3.59. The maximum atomic E-state index is 3.59. The van der Waals surface area contributed by atoms with E-state index in [9.17, 15) is 0 Å². The summed E-state index contributed by atoms with van der Waals surface area (Å²) in [6.07, 6.45) is 2.61. The Morgan fingerprint density at radius 1 is 1.29 bits per heavy atom. The summed E-state index contributed by atoms with van der Waals surface area (Å²) < 4.78 is 0. The van der Waals surface area contributed by atoms with Crippen LogP contribution < -0.4 is 5.32 Å². The van der Waals surface area contributed by atoms with Crippen molar-refractivity contribution in [3.8, 4) is 0 Å². The first-order valence-corrected chi connectivity index (χ1v) is 5.66. The summed E-state index contributed by atoms with van der Waals surface area (Å²) in [5.74, 6) is 1.70. The van der Waals surface area contributed by atoms with Crippen molar-refractivity contribution >= 4 is 0 Å². The molecule has 2 aliphatic rings. The third kappa shape index (κ3) is 1.19. The van der Waals surface area contributed by atoms with Crippen LogP contribution in [0.25, 0.3) is 0 Å². The first-order chi connectivity index (χ1) is 6.84. The van der Waals surface area contributed by atoms with Crippen LogP contribution >= 0.6 is 0 Å². The van der Waals surface area contributed by atoms with Crippen molar-refractivity contribution in [3.05, 3.63) is 35.4 Å². The summed E-state index contributed by atoms with van der Waals surface area (Å²) in [6, 6.07) is 9.69. The number of benzene rings is 1. The topological polar surface area (TPSA) is 12.0 Å². The molecular weight excluding hydrogens is 170 g/mol. The molecule has 0 bridgehead atoms. The van der Waals surface area contributed by atoms with Gasteiger partial charge in [0.1, 0.15) is 0 Å². The van der Waals surface area contributed by atoms with Crippen molar-refractivity contribution < 1.29 is 0 Å². The molecule has 14 heavy (non-hydrogen) atoms.